The first-order valence-corrected chi connectivity index (χ1v) is 4.52. The van der Waals surface area contributed by atoms with E-state index in [9.17, 15) is 9.50 Å². The third-order valence-electron chi connectivity index (χ3n) is 2.85. The van der Waals surface area contributed by atoms with E-state index in [2.05, 4.69) is 0 Å². The van der Waals surface area contributed by atoms with Crippen molar-refractivity contribution in [1.82, 2.24) is 0 Å². The summed E-state index contributed by atoms with van der Waals surface area (Å²) in [5.41, 5.74) is 1.67. The number of benzene rings is 1. The molecule has 0 amide bonds. The van der Waals surface area contributed by atoms with Crippen molar-refractivity contribution in [1.29, 1.82) is 0 Å². The lowest BCUT2D eigenvalue weighted by atomic mass is 9.86. The van der Waals surface area contributed by atoms with Crippen LogP contribution in [0.2, 0.25) is 0 Å². The van der Waals surface area contributed by atoms with Crippen molar-refractivity contribution in [2.75, 3.05) is 0 Å². The summed E-state index contributed by atoms with van der Waals surface area (Å²) in [7, 11) is 0. The average Bonchev–Trinajstić information content (AvgIpc) is 2.26. The predicted octanol–water partition coefficient (Wildman–Crippen LogP) is 2.76. The van der Waals surface area contributed by atoms with Gasteiger partial charge in [-0.25, -0.2) is 4.39 Å². The molecular formula is C11H13FO. The first-order chi connectivity index (χ1) is 6.00. The van der Waals surface area contributed by atoms with Crippen LogP contribution in [0.4, 0.5) is 4.39 Å². The number of rotatable bonds is 0. The Kier molecular flexibility index (Phi) is 1.62. The first-order valence-electron chi connectivity index (χ1n) is 4.52. The molecule has 0 fully saturated rings. The Morgan fingerprint density at radius 2 is 2.08 bits per heavy atom. The van der Waals surface area contributed by atoms with E-state index in [0.29, 0.717) is 0 Å². The zero-order valence-electron chi connectivity index (χ0n) is 7.89. The third-order valence-corrected chi connectivity index (χ3v) is 2.85. The molecule has 0 radical (unpaired) electrons. The van der Waals surface area contributed by atoms with Crippen LogP contribution >= 0.6 is 0 Å². The molecule has 0 saturated carbocycles. The fourth-order valence-electron chi connectivity index (χ4n) is 2.17. The molecule has 0 atom stereocenters. The van der Waals surface area contributed by atoms with Crippen LogP contribution in [0.15, 0.2) is 12.1 Å². The van der Waals surface area contributed by atoms with Crippen LogP contribution in [0.5, 0.6) is 5.75 Å². The number of hydrogen-bond donors (Lipinski definition) is 1. The summed E-state index contributed by atoms with van der Waals surface area (Å²) in [5.74, 6) is -0.230. The minimum Gasteiger partial charge on any atom is -0.508 e. The lowest BCUT2D eigenvalue weighted by Crippen LogP contribution is -2.13. The van der Waals surface area contributed by atoms with Crippen LogP contribution in [0.1, 0.15) is 31.4 Å². The summed E-state index contributed by atoms with van der Waals surface area (Å²) in [6.45, 7) is 4.08. The second kappa shape index (κ2) is 2.47. The Bertz CT molecular complexity index is 355. The molecule has 0 saturated heterocycles. The van der Waals surface area contributed by atoms with Crippen LogP contribution in [0.3, 0.4) is 0 Å². The number of fused-ring (bicyclic) bond motifs is 1. The number of phenols is 1. The van der Waals surface area contributed by atoms with E-state index in [1.807, 2.05) is 13.8 Å². The predicted molar refractivity (Wildman–Crippen MR) is 49.4 cm³/mol. The highest BCUT2D eigenvalue weighted by Gasteiger charge is 2.32. The van der Waals surface area contributed by atoms with Crippen LogP contribution in [0.25, 0.3) is 0 Å². The quantitative estimate of drug-likeness (QED) is 0.650. The summed E-state index contributed by atoms with van der Waals surface area (Å²) in [6.07, 6.45) is 1.83. The van der Waals surface area contributed by atoms with Crippen LogP contribution in [-0.2, 0) is 11.8 Å². The number of hydrogen-bond acceptors (Lipinski definition) is 1. The van der Waals surface area contributed by atoms with Crippen molar-refractivity contribution in [2.24, 2.45) is 0 Å². The summed E-state index contributed by atoms with van der Waals surface area (Å²) in [6, 6.07) is 2.87. The van der Waals surface area contributed by atoms with Gasteiger partial charge in [0.15, 0.2) is 0 Å². The Morgan fingerprint density at radius 3 is 2.77 bits per heavy atom. The highest BCUT2D eigenvalue weighted by Crippen LogP contribution is 2.41. The van der Waals surface area contributed by atoms with Crippen molar-refractivity contribution >= 4 is 0 Å². The van der Waals surface area contributed by atoms with Crippen molar-refractivity contribution in [2.45, 2.75) is 32.1 Å². The Morgan fingerprint density at radius 1 is 1.38 bits per heavy atom. The molecule has 1 N–H and O–H groups in total. The molecule has 13 heavy (non-hydrogen) atoms. The zero-order chi connectivity index (χ0) is 9.64. The minimum absolute atomic E-state index is 0.0361. The molecule has 0 aromatic heterocycles. The van der Waals surface area contributed by atoms with Gasteiger partial charge in [-0.2, -0.15) is 0 Å². The van der Waals surface area contributed by atoms with E-state index >= 15 is 0 Å². The van der Waals surface area contributed by atoms with Gasteiger partial charge in [0.1, 0.15) is 11.6 Å². The number of aromatic hydroxyl groups is 1. The fourth-order valence-corrected chi connectivity index (χ4v) is 2.17. The van der Waals surface area contributed by atoms with E-state index in [0.717, 1.165) is 24.0 Å². The van der Waals surface area contributed by atoms with E-state index in [1.54, 1.807) is 6.07 Å². The maximum absolute atomic E-state index is 13.5. The molecule has 0 heterocycles. The Balaban J connectivity index is 2.65. The number of phenolic OH excluding ortho intramolecular Hbond substituents is 1. The Hall–Kier alpha value is -1.05. The van der Waals surface area contributed by atoms with E-state index < -0.39 is 0 Å². The number of aryl methyl sites for hydroxylation is 1. The van der Waals surface area contributed by atoms with Gasteiger partial charge in [0.05, 0.1) is 0 Å². The summed E-state index contributed by atoms with van der Waals surface area (Å²) in [4.78, 5) is 0. The Labute approximate surface area is 77.2 Å². The summed E-state index contributed by atoms with van der Waals surface area (Å²) in [5, 5.41) is 9.21. The van der Waals surface area contributed by atoms with Gasteiger partial charge >= 0.3 is 0 Å². The second-order valence-electron chi connectivity index (χ2n) is 4.35. The van der Waals surface area contributed by atoms with E-state index in [4.69, 9.17) is 0 Å². The van der Waals surface area contributed by atoms with Crippen molar-refractivity contribution in [3.05, 3.63) is 29.1 Å². The zero-order valence-corrected chi connectivity index (χ0v) is 7.89. The van der Waals surface area contributed by atoms with Gasteiger partial charge in [0.2, 0.25) is 0 Å². The van der Waals surface area contributed by atoms with Crippen LogP contribution < -0.4 is 0 Å². The minimum atomic E-state index is -0.266. The first kappa shape index (κ1) is 8.54. The van der Waals surface area contributed by atoms with Gasteiger partial charge in [0.25, 0.3) is 0 Å². The molecule has 0 aliphatic heterocycles. The largest absolute Gasteiger partial charge is 0.508 e. The van der Waals surface area contributed by atoms with Crippen LogP contribution in [0, 0.1) is 5.82 Å². The van der Waals surface area contributed by atoms with E-state index in [1.165, 1.54) is 6.07 Å². The molecule has 0 unspecified atom stereocenters. The van der Waals surface area contributed by atoms with Gasteiger partial charge in [-0.1, -0.05) is 13.8 Å². The lowest BCUT2D eigenvalue weighted by Gasteiger charge is -2.19. The van der Waals surface area contributed by atoms with E-state index in [-0.39, 0.29) is 17.0 Å². The van der Waals surface area contributed by atoms with Crippen molar-refractivity contribution < 1.29 is 9.50 Å². The lowest BCUT2D eigenvalue weighted by molar-refractivity contribution is 0.460. The molecule has 1 aromatic rings. The topological polar surface area (TPSA) is 20.2 Å². The molecule has 1 aromatic carbocycles. The molecular weight excluding hydrogens is 167 g/mol. The molecule has 1 nitrogen and oxygen atoms in total. The molecule has 2 rings (SSSR count). The highest BCUT2D eigenvalue weighted by molar-refractivity contribution is 5.43. The standard InChI is InChI=1S/C11H13FO/c1-11(2)4-3-7-5-8(13)6-9(12)10(7)11/h5-6,13H,3-4H2,1-2H3. The molecule has 0 spiro atoms. The fraction of sp³-hybridized carbons (Fsp3) is 0.455. The van der Waals surface area contributed by atoms with Crippen LogP contribution in [-0.4, -0.2) is 5.11 Å². The smallest absolute Gasteiger partial charge is 0.130 e. The SMILES string of the molecule is CC1(C)CCc2cc(O)cc(F)c21. The summed E-state index contributed by atoms with van der Waals surface area (Å²) < 4.78 is 13.5. The van der Waals surface area contributed by atoms with Gasteiger partial charge in [-0.05, 0) is 35.4 Å². The van der Waals surface area contributed by atoms with Gasteiger partial charge in [-0.3, -0.25) is 0 Å². The maximum atomic E-state index is 13.5. The molecule has 2 heteroatoms. The third kappa shape index (κ3) is 1.21. The van der Waals surface area contributed by atoms with Gasteiger partial charge in [-0.15, -0.1) is 0 Å². The molecule has 1 aliphatic rings. The summed E-state index contributed by atoms with van der Waals surface area (Å²) >= 11 is 0. The molecule has 70 valence electrons. The average molecular weight is 180 g/mol. The van der Waals surface area contributed by atoms with Crippen molar-refractivity contribution in [3.63, 3.8) is 0 Å². The van der Waals surface area contributed by atoms with Gasteiger partial charge < -0.3 is 5.11 Å². The maximum Gasteiger partial charge on any atom is 0.130 e. The van der Waals surface area contributed by atoms with Crippen molar-refractivity contribution in [3.8, 4) is 5.75 Å². The normalized spacial score (nSPS) is 18.7. The monoisotopic (exact) mass is 180 g/mol. The second-order valence-corrected chi connectivity index (χ2v) is 4.35. The highest BCUT2D eigenvalue weighted by atomic mass is 19.1. The number of halogens is 1. The molecule has 1 aliphatic carbocycles. The molecule has 0 bridgehead atoms. The van der Waals surface area contributed by atoms with Gasteiger partial charge in [0, 0.05) is 6.07 Å².